The Labute approximate surface area is 139 Å². The maximum absolute atomic E-state index is 13.6. The largest absolute Gasteiger partial charge is 0.493 e. The molecule has 1 aromatic carbocycles. The summed E-state index contributed by atoms with van der Waals surface area (Å²) in [6.07, 6.45) is 3.49. The molecular formula is C17H18ClFN2O2. The predicted octanol–water partition coefficient (Wildman–Crippen LogP) is 3.61. The minimum Gasteiger partial charge on any atom is -0.493 e. The zero-order valence-corrected chi connectivity index (χ0v) is 13.5. The minimum absolute atomic E-state index is 0.235. The normalized spacial score (nSPS) is 18.7. The zero-order valence-electron chi connectivity index (χ0n) is 12.8. The molecule has 122 valence electrons. The third-order valence-electron chi connectivity index (χ3n) is 3.96. The van der Waals surface area contributed by atoms with Crippen LogP contribution in [0.3, 0.4) is 0 Å². The van der Waals surface area contributed by atoms with Crippen LogP contribution in [0.4, 0.5) is 4.39 Å². The molecule has 1 aliphatic rings. The van der Waals surface area contributed by atoms with Crippen LogP contribution in [0.1, 0.15) is 18.1 Å². The van der Waals surface area contributed by atoms with Gasteiger partial charge in [-0.1, -0.05) is 11.6 Å². The van der Waals surface area contributed by atoms with E-state index in [1.54, 1.807) is 31.5 Å². The Bertz CT molecular complexity index is 677. The molecule has 1 aliphatic heterocycles. The van der Waals surface area contributed by atoms with E-state index in [9.17, 15) is 4.39 Å². The predicted molar refractivity (Wildman–Crippen MR) is 86.5 cm³/mol. The first-order valence-electron chi connectivity index (χ1n) is 7.48. The van der Waals surface area contributed by atoms with Gasteiger partial charge in [0.15, 0.2) is 11.5 Å². The van der Waals surface area contributed by atoms with E-state index < -0.39 is 0 Å². The van der Waals surface area contributed by atoms with Crippen molar-refractivity contribution in [3.05, 3.63) is 53.1 Å². The van der Waals surface area contributed by atoms with Gasteiger partial charge in [0.2, 0.25) is 0 Å². The molecule has 23 heavy (non-hydrogen) atoms. The van der Waals surface area contributed by atoms with E-state index in [4.69, 9.17) is 21.1 Å². The van der Waals surface area contributed by atoms with Crippen molar-refractivity contribution in [1.82, 2.24) is 10.3 Å². The van der Waals surface area contributed by atoms with Crippen molar-refractivity contribution in [2.24, 2.45) is 5.92 Å². The molecule has 2 heterocycles. The molecule has 0 radical (unpaired) electrons. The highest BCUT2D eigenvalue weighted by Crippen LogP contribution is 2.37. The molecule has 0 spiro atoms. The molecule has 3 rings (SSSR count). The van der Waals surface area contributed by atoms with E-state index in [0.29, 0.717) is 16.5 Å². The molecule has 6 heteroatoms. The van der Waals surface area contributed by atoms with E-state index in [1.807, 2.05) is 0 Å². The maximum Gasteiger partial charge on any atom is 0.162 e. The average Bonchev–Trinajstić information content (AvgIpc) is 3.07. The van der Waals surface area contributed by atoms with Gasteiger partial charge in [-0.3, -0.25) is 4.98 Å². The molecule has 2 atom stereocenters. The molecule has 1 N–H and O–H groups in total. The van der Waals surface area contributed by atoms with E-state index in [-0.39, 0.29) is 17.8 Å². The van der Waals surface area contributed by atoms with Crippen LogP contribution < -0.4 is 14.8 Å². The number of benzene rings is 1. The van der Waals surface area contributed by atoms with Gasteiger partial charge in [-0.15, -0.1) is 0 Å². The molecule has 0 bridgehead atoms. The van der Waals surface area contributed by atoms with Crippen LogP contribution in [0.15, 0.2) is 36.7 Å². The van der Waals surface area contributed by atoms with Crippen LogP contribution >= 0.6 is 11.6 Å². The second-order valence-corrected chi connectivity index (χ2v) is 5.96. The maximum atomic E-state index is 13.6. The summed E-state index contributed by atoms with van der Waals surface area (Å²) in [6.45, 7) is 1.74. The van der Waals surface area contributed by atoms with Crippen molar-refractivity contribution in [3.8, 4) is 11.5 Å². The summed E-state index contributed by atoms with van der Waals surface area (Å²) in [4.78, 5) is 3.95. The molecule has 0 amide bonds. The average molecular weight is 337 g/mol. The van der Waals surface area contributed by atoms with Gasteiger partial charge in [-0.2, -0.15) is 0 Å². The molecule has 4 nitrogen and oxygen atoms in total. The molecule has 2 unspecified atom stereocenters. The lowest BCUT2D eigenvalue weighted by molar-refractivity contribution is 0.138. The van der Waals surface area contributed by atoms with Crippen molar-refractivity contribution >= 4 is 11.6 Å². The number of aromatic nitrogens is 1. The summed E-state index contributed by atoms with van der Waals surface area (Å²) in [5, 5.41) is 3.88. The van der Waals surface area contributed by atoms with Gasteiger partial charge in [0.1, 0.15) is 11.9 Å². The van der Waals surface area contributed by atoms with Crippen LogP contribution in [-0.2, 0) is 0 Å². The van der Waals surface area contributed by atoms with Gasteiger partial charge in [-0.25, -0.2) is 4.39 Å². The Morgan fingerprint density at radius 2 is 2.17 bits per heavy atom. The first-order valence-corrected chi connectivity index (χ1v) is 7.86. The lowest BCUT2D eigenvalue weighted by Crippen LogP contribution is -2.22. The van der Waals surface area contributed by atoms with E-state index in [1.165, 1.54) is 12.3 Å². The van der Waals surface area contributed by atoms with Gasteiger partial charge in [0, 0.05) is 35.3 Å². The quantitative estimate of drug-likeness (QED) is 0.905. The van der Waals surface area contributed by atoms with Gasteiger partial charge < -0.3 is 14.8 Å². The highest BCUT2D eigenvalue weighted by atomic mass is 35.5. The molecule has 2 aromatic rings. The van der Waals surface area contributed by atoms with Gasteiger partial charge in [0.25, 0.3) is 0 Å². The molecule has 1 fully saturated rings. The number of nitrogens with one attached hydrogen (secondary N) is 1. The fraction of sp³-hybridized carbons (Fsp3) is 0.353. The van der Waals surface area contributed by atoms with Crippen molar-refractivity contribution in [1.29, 1.82) is 0 Å². The van der Waals surface area contributed by atoms with E-state index in [0.717, 1.165) is 25.1 Å². The van der Waals surface area contributed by atoms with Crippen molar-refractivity contribution in [2.75, 3.05) is 20.2 Å². The summed E-state index contributed by atoms with van der Waals surface area (Å²) >= 11 is 5.99. The van der Waals surface area contributed by atoms with Gasteiger partial charge >= 0.3 is 0 Å². The summed E-state index contributed by atoms with van der Waals surface area (Å²) < 4.78 is 25.1. The number of halogens is 2. The Morgan fingerprint density at radius 3 is 2.87 bits per heavy atom. The second-order valence-electron chi connectivity index (χ2n) is 5.52. The Morgan fingerprint density at radius 1 is 1.30 bits per heavy atom. The highest BCUT2D eigenvalue weighted by molar-refractivity contribution is 6.30. The fourth-order valence-electron chi connectivity index (χ4n) is 2.83. The second kappa shape index (κ2) is 7.15. The van der Waals surface area contributed by atoms with Crippen LogP contribution in [-0.4, -0.2) is 25.2 Å². The molecular weight excluding hydrogens is 319 g/mol. The van der Waals surface area contributed by atoms with Crippen molar-refractivity contribution < 1.29 is 13.9 Å². The Hall–Kier alpha value is -1.85. The molecule has 1 aromatic heterocycles. The summed E-state index contributed by atoms with van der Waals surface area (Å²) in [5.41, 5.74) is 0.718. The lowest BCUT2D eigenvalue weighted by atomic mass is 9.96. The fourth-order valence-corrected chi connectivity index (χ4v) is 2.99. The summed E-state index contributed by atoms with van der Waals surface area (Å²) in [7, 11) is 1.56. The monoisotopic (exact) mass is 336 g/mol. The minimum atomic E-state index is -0.370. The topological polar surface area (TPSA) is 43.4 Å². The van der Waals surface area contributed by atoms with Gasteiger partial charge in [-0.05, 0) is 31.2 Å². The van der Waals surface area contributed by atoms with E-state index >= 15 is 0 Å². The number of hydrogen-bond donors (Lipinski definition) is 1. The number of methoxy groups -OCH3 is 1. The third kappa shape index (κ3) is 3.74. The zero-order chi connectivity index (χ0) is 16.2. The molecule has 1 saturated heterocycles. The third-order valence-corrected chi connectivity index (χ3v) is 4.20. The van der Waals surface area contributed by atoms with Crippen molar-refractivity contribution in [3.63, 3.8) is 0 Å². The highest BCUT2D eigenvalue weighted by Gasteiger charge is 2.29. The summed E-state index contributed by atoms with van der Waals surface area (Å²) in [6, 6.07) is 6.68. The number of nitrogens with zero attached hydrogens (tertiary/aromatic N) is 1. The van der Waals surface area contributed by atoms with Crippen LogP contribution in [0.5, 0.6) is 11.5 Å². The first-order chi connectivity index (χ1) is 11.2. The molecule has 0 saturated carbocycles. The molecule has 0 aliphatic carbocycles. The van der Waals surface area contributed by atoms with Crippen LogP contribution in [0.2, 0.25) is 5.02 Å². The SMILES string of the molecule is COc1cc(Cl)ccc1OC(c1cncc(F)c1)C1CCNC1. The number of ether oxygens (including phenoxy) is 2. The van der Waals surface area contributed by atoms with Gasteiger partial charge in [0.05, 0.1) is 13.3 Å². The van der Waals surface area contributed by atoms with Crippen molar-refractivity contribution in [2.45, 2.75) is 12.5 Å². The van der Waals surface area contributed by atoms with Crippen LogP contribution in [0.25, 0.3) is 0 Å². The van der Waals surface area contributed by atoms with E-state index in [2.05, 4.69) is 10.3 Å². The standard InChI is InChI=1S/C17H18ClFN2O2/c1-22-16-7-13(18)2-3-15(16)23-17(11-4-5-20-8-11)12-6-14(19)10-21-9-12/h2-3,6-7,9-11,17,20H,4-5,8H2,1H3. The number of pyridine rings is 1. The number of rotatable bonds is 5. The van der Waals surface area contributed by atoms with Crippen LogP contribution in [0, 0.1) is 11.7 Å². The number of hydrogen-bond acceptors (Lipinski definition) is 4. The summed E-state index contributed by atoms with van der Waals surface area (Å²) in [5.74, 6) is 1.000. The smallest absolute Gasteiger partial charge is 0.162 e. The first kappa shape index (κ1) is 16.0. The Balaban J connectivity index is 1.93. The Kier molecular flexibility index (Phi) is 4.98. The lowest BCUT2D eigenvalue weighted by Gasteiger charge is -2.25.